The maximum atomic E-state index is 12.1. The van der Waals surface area contributed by atoms with Crippen molar-refractivity contribution in [2.45, 2.75) is 77.7 Å². The Kier molecular flexibility index (Phi) is 11.8. The lowest BCUT2D eigenvalue weighted by atomic mass is 10.1. The molecule has 3 aromatic rings. The minimum absolute atomic E-state index is 0.186. The van der Waals surface area contributed by atoms with Gasteiger partial charge < -0.3 is 9.47 Å². The predicted octanol–water partition coefficient (Wildman–Crippen LogP) is 7.66. The van der Waals surface area contributed by atoms with E-state index in [9.17, 15) is 4.79 Å². The molecule has 0 N–H and O–H groups in total. The van der Waals surface area contributed by atoms with Gasteiger partial charge in [-0.05, 0) is 55.0 Å². The fourth-order valence-corrected chi connectivity index (χ4v) is 3.77. The first-order valence-corrected chi connectivity index (χ1v) is 12.9. The number of hydrogen-bond donors (Lipinski definition) is 0. The first kappa shape index (κ1) is 27.2. The standard InChI is InChI=1S/C28H37N5O3/c1-3-4-5-6-7-8-9-10-11-12-28(34)36-27-19-15-24(16-20-27)30-29-23-13-17-26(18-14-23)33-21-25(22-35-2)31-32-33/h13-21H,3-12,22H2,1-2H3. The molecular formula is C28H37N5O3. The second-order valence-corrected chi connectivity index (χ2v) is 8.85. The predicted molar refractivity (Wildman–Crippen MR) is 140 cm³/mol. The molecule has 0 unspecified atom stereocenters. The maximum Gasteiger partial charge on any atom is 0.311 e. The summed E-state index contributed by atoms with van der Waals surface area (Å²) in [5, 5.41) is 16.7. The van der Waals surface area contributed by atoms with Crippen LogP contribution in [-0.2, 0) is 16.1 Å². The van der Waals surface area contributed by atoms with Crippen LogP contribution in [0, 0.1) is 0 Å². The molecule has 0 spiro atoms. The van der Waals surface area contributed by atoms with E-state index in [4.69, 9.17) is 9.47 Å². The van der Waals surface area contributed by atoms with Crippen molar-refractivity contribution in [3.8, 4) is 11.4 Å². The van der Waals surface area contributed by atoms with Crippen LogP contribution < -0.4 is 4.74 Å². The number of unbranched alkanes of at least 4 members (excludes halogenated alkanes) is 8. The minimum atomic E-state index is -0.186. The fourth-order valence-electron chi connectivity index (χ4n) is 3.77. The van der Waals surface area contributed by atoms with E-state index in [1.54, 1.807) is 36.1 Å². The number of carbonyl (C=O) groups excluding carboxylic acids is 1. The molecule has 0 bridgehead atoms. The third kappa shape index (κ3) is 9.70. The van der Waals surface area contributed by atoms with Crippen LogP contribution in [0.2, 0.25) is 0 Å². The van der Waals surface area contributed by atoms with Crippen molar-refractivity contribution in [1.82, 2.24) is 15.0 Å². The molecule has 1 aromatic heterocycles. The zero-order valence-corrected chi connectivity index (χ0v) is 21.4. The number of rotatable bonds is 16. The molecule has 0 radical (unpaired) electrons. The molecule has 2 aromatic carbocycles. The molecule has 192 valence electrons. The number of azo groups is 1. The van der Waals surface area contributed by atoms with Gasteiger partial charge >= 0.3 is 5.97 Å². The van der Waals surface area contributed by atoms with Gasteiger partial charge in [-0.1, -0.05) is 63.5 Å². The number of nitrogens with zero attached hydrogens (tertiary/aromatic N) is 5. The average molecular weight is 492 g/mol. The molecule has 0 aliphatic carbocycles. The molecule has 0 saturated carbocycles. The molecule has 0 saturated heterocycles. The van der Waals surface area contributed by atoms with E-state index >= 15 is 0 Å². The number of ether oxygens (including phenoxy) is 2. The Labute approximate surface area is 213 Å². The van der Waals surface area contributed by atoms with Crippen molar-refractivity contribution in [3.05, 3.63) is 60.4 Å². The SMILES string of the molecule is CCCCCCCCCCCC(=O)Oc1ccc(N=Nc2ccc(-n3cc(COC)nn3)cc2)cc1. The van der Waals surface area contributed by atoms with Crippen LogP contribution in [0.25, 0.3) is 5.69 Å². The molecule has 36 heavy (non-hydrogen) atoms. The smallest absolute Gasteiger partial charge is 0.311 e. The monoisotopic (exact) mass is 491 g/mol. The normalized spacial score (nSPS) is 11.3. The third-order valence-electron chi connectivity index (χ3n) is 5.78. The molecule has 0 aliphatic heterocycles. The van der Waals surface area contributed by atoms with Crippen LogP contribution in [0.1, 0.15) is 76.8 Å². The molecule has 3 rings (SSSR count). The number of carbonyl (C=O) groups is 1. The lowest BCUT2D eigenvalue weighted by molar-refractivity contribution is -0.134. The van der Waals surface area contributed by atoms with Gasteiger partial charge in [0.25, 0.3) is 0 Å². The summed E-state index contributed by atoms with van der Waals surface area (Å²) in [7, 11) is 1.62. The second kappa shape index (κ2) is 15.6. The molecule has 1 heterocycles. The van der Waals surface area contributed by atoms with Crippen LogP contribution >= 0.6 is 0 Å². The fraction of sp³-hybridized carbons (Fsp3) is 0.464. The summed E-state index contributed by atoms with van der Waals surface area (Å²) < 4.78 is 12.2. The van der Waals surface area contributed by atoms with Crippen molar-refractivity contribution in [3.63, 3.8) is 0 Å². The summed E-state index contributed by atoms with van der Waals surface area (Å²) in [5.74, 6) is 0.342. The van der Waals surface area contributed by atoms with Crippen LogP contribution in [0.3, 0.4) is 0 Å². The lowest BCUT2D eigenvalue weighted by Crippen LogP contribution is -2.07. The summed E-state index contributed by atoms with van der Waals surface area (Å²) in [6, 6.07) is 14.6. The van der Waals surface area contributed by atoms with E-state index in [0.717, 1.165) is 24.2 Å². The van der Waals surface area contributed by atoms with Gasteiger partial charge in [0.1, 0.15) is 11.4 Å². The Morgan fingerprint density at radius 2 is 1.42 bits per heavy atom. The Hall–Kier alpha value is -3.39. The van der Waals surface area contributed by atoms with Gasteiger partial charge in [-0.2, -0.15) is 10.2 Å². The van der Waals surface area contributed by atoms with Gasteiger partial charge in [0.15, 0.2) is 0 Å². The van der Waals surface area contributed by atoms with E-state index in [1.807, 2.05) is 30.5 Å². The number of benzene rings is 2. The summed E-state index contributed by atoms with van der Waals surface area (Å²) in [6.07, 6.45) is 13.3. The van der Waals surface area contributed by atoms with Gasteiger partial charge in [0.2, 0.25) is 0 Å². The first-order chi connectivity index (χ1) is 17.7. The van der Waals surface area contributed by atoms with Gasteiger partial charge in [-0.25, -0.2) is 4.68 Å². The minimum Gasteiger partial charge on any atom is -0.427 e. The van der Waals surface area contributed by atoms with Crippen LogP contribution in [0.15, 0.2) is 65.0 Å². The number of aromatic nitrogens is 3. The van der Waals surface area contributed by atoms with Crippen molar-refractivity contribution >= 4 is 17.3 Å². The molecule has 0 amide bonds. The van der Waals surface area contributed by atoms with Crippen molar-refractivity contribution < 1.29 is 14.3 Å². The summed E-state index contributed by atoms with van der Waals surface area (Å²) >= 11 is 0. The highest BCUT2D eigenvalue weighted by Crippen LogP contribution is 2.23. The van der Waals surface area contributed by atoms with E-state index < -0.39 is 0 Å². The second-order valence-electron chi connectivity index (χ2n) is 8.85. The first-order valence-electron chi connectivity index (χ1n) is 12.9. The largest absolute Gasteiger partial charge is 0.427 e. The Balaban J connectivity index is 1.37. The highest BCUT2D eigenvalue weighted by molar-refractivity contribution is 5.72. The third-order valence-corrected chi connectivity index (χ3v) is 5.78. The Morgan fingerprint density at radius 3 is 2.03 bits per heavy atom. The molecule has 8 heteroatoms. The van der Waals surface area contributed by atoms with Gasteiger partial charge in [-0.15, -0.1) is 5.10 Å². The Morgan fingerprint density at radius 1 is 0.833 bits per heavy atom. The summed E-state index contributed by atoms with van der Waals surface area (Å²) in [5.41, 5.74) is 3.03. The molecule has 0 fully saturated rings. The number of methoxy groups -OCH3 is 1. The van der Waals surface area contributed by atoms with E-state index in [1.165, 1.54) is 44.9 Å². The molecule has 0 atom stereocenters. The molecule has 0 aliphatic rings. The number of hydrogen-bond acceptors (Lipinski definition) is 7. The highest BCUT2D eigenvalue weighted by Gasteiger charge is 2.05. The zero-order chi connectivity index (χ0) is 25.4. The lowest BCUT2D eigenvalue weighted by Gasteiger charge is -2.05. The van der Waals surface area contributed by atoms with Crippen molar-refractivity contribution in [1.29, 1.82) is 0 Å². The molecular weight excluding hydrogens is 454 g/mol. The van der Waals surface area contributed by atoms with E-state index in [0.29, 0.717) is 30.2 Å². The van der Waals surface area contributed by atoms with Gasteiger partial charge in [0, 0.05) is 13.5 Å². The van der Waals surface area contributed by atoms with Crippen molar-refractivity contribution in [2.24, 2.45) is 10.2 Å². The van der Waals surface area contributed by atoms with Gasteiger partial charge in [-0.3, -0.25) is 4.79 Å². The Bertz CT molecular complexity index is 1060. The van der Waals surface area contributed by atoms with Crippen LogP contribution in [-0.4, -0.2) is 28.1 Å². The summed E-state index contributed by atoms with van der Waals surface area (Å²) in [6.45, 7) is 2.66. The average Bonchev–Trinajstić information content (AvgIpc) is 3.36. The van der Waals surface area contributed by atoms with Crippen LogP contribution in [0.5, 0.6) is 5.75 Å². The number of esters is 1. The quantitative estimate of drug-likeness (QED) is 0.0888. The topological polar surface area (TPSA) is 91.0 Å². The molecule has 8 nitrogen and oxygen atoms in total. The van der Waals surface area contributed by atoms with E-state index in [2.05, 4.69) is 27.5 Å². The van der Waals surface area contributed by atoms with Crippen LogP contribution in [0.4, 0.5) is 11.4 Å². The summed E-state index contributed by atoms with van der Waals surface area (Å²) in [4.78, 5) is 12.1. The van der Waals surface area contributed by atoms with Crippen molar-refractivity contribution in [2.75, 3.05) is 7.11 Å². The van der Waals surface area contributed by atoms with Gasteiger partial charge in [0.05, 0.1) is 29.9 Å². The zero-order valence-electron chi connectivity index (χ0n) is 21.4. The maximum absolute atomic E-state index is 12.1. The van der Waals surface area contributed by atoms with E-state index in [-0.39, 0.29) is 5.97 Å². The highest BCUT2D eigenvalue weighted by atomic mass is 16.5.